The number of halogens is 1. The van der Waals surface area contributed by atoms with Gasteiger partial charge in [0.1, 0.15) is 12.4 Å². The molecule has 0 aliphatic heterocycles. The second-order valence-corrected chi connectivity index (χ2v) is 9.47. The van der Waals surface area contributed by atoms with Crippen LogP contribution < -0.4 is 9.62 Å². The Morgan fingerprint density at radius 3 is 2.42 bits per heavy atom. The summed E-state index contributed by atoms with van der Waals surface area (Å²) in [6.45, 7) is 0.397. The number of amides is 1. The van der Waals surface area contributed by atoms with Gasteiger partial charge >= 0.3 is 0 Å². The fourth-order valence-corrected chi connectivity index (χ4v) is 5.09. The minimum absolute atomic E-state index is 0.00747. The van der Waals surface area contributed by atoms with E-state index in [0.717, 1.165) is 17.1 Å². The molecule has 0 spiro atoms. The van der Waals surface area contributed by atoms with Gasteiger partial charge in [-0.1, -0.05) is 49.6 Å². The number of rotatable bonds is 10. The largest absolute Gasteiger partial charge is 0.378 e. The molecule has 1 amide bonds. The summed E-state index contributed by atoms with van der Waals surface area (Å²) in [4.78, 5) is 12.5. The molecule has 1 saturated carbocycles. The number of carbonyl (C=O) groups is 1. The molecule has 0 bridgehead atoms. The Labute approximate surface area is 183 Å². The highest BCUT2D eigenvalue weighted by atomic mass is 32.2. The van der Waals surface area contributed by atoms with Gasteiger partial charge in [-0.2, -0.15) is 0 Å². The summed E-state index contributed by atoms with van der Waals surface area (Å²) in [5, 5.41) is 2.72. The lowest BCUT2D eigenvalue weighted by atomic mass is 9.98. The maximum atomic E-state index is 14.4. The van der Waals surface area contributed by atoms with E-state index < -0.39 is 28.3 Å². The molecule has 0 radical (unpaired) electrons. The van der Waals surface area contributed by atoms with Crippen molar-refractivity contribution in [3.05, 3.63) is 60.4 Å². The van der Waals surface area contributed by atoms with Gasteiger partial charge in [0.15, 0.2) is 0 Å². The van der Waals surface area contributed by atoms with E-state index in [-0.39, 0.29) is 10.6 Å². The molecule has 8 heteroatoms. The summed E-state index contributed by atoms with van der Waals surface area (Å²) >= 11 is 0. The van der Waals surface area contributed by atoms with E-state index in [1.54, 1.807) is 18.2 Å². The number of benzene rings is 2. The third kappa shape index (κ3) is 6.51. The van der Waals surface area contributed by atoms with Gasteiger partial charge in [-0.05, 0) is 43.5 Å². The molecule has 0 atom stereocenters. The van der Waals surface area contributed by atoms with Crippen LogP contribution in [0.15, 0.2) is 59.5 Å². The van der Waals surface area contributed by atoms with Gasteiger partial charge in [-0.15, -0.1) is 0 Å². The number of para-hydroxylation sites is 1. The van der Waals surface area contributed by atoms with Crippen LogP contribution in [-0.2, 0) is 19.6 Å². The molecular weight excluding hydrogens is 419 g/mol. The number of carbonyl (C=O) groups excluding carboxylic acids is 1. The average Bonchev–Trinajstić information content (AvgIpc) is 2.79. The first-order chi connectivity index (χ1) is 15.0. The van der Waals surface area contributed by atoms with Crippen molar-refractivity contribution in [1.29, 1.82) is 0 Å². The number of sulfonamides is 1. The number of nitrogens with zero attached hydrogens (tertiary/aromatic N) is 1. The van der Waals surface area contributed by atoms with Crippen LogP contribution in [0.2, 0.25) is 0 Å². The Bertz CT molecular complexity index is 947. The van der Waals surface area contributed by atoms with E-state index in [9.17, 15) is 17.6 Å². The van der Waals surface area contributed by atoms with Crippen molar-refractivity contribution < 1.29 is 22.3 Å². The van der Waals surface area contributed by atoms with Crippen molar-refractivity contribution in [2.24, 2.45) is 0 Å². The molecule has 0 heterocycles. The molecule has 3 rings (SSSR count). The first kappa shape index (κ1) is 23.2. The van der Waals surface area contributed by atoms with Gasteiger partial charge in [-0.25, -0.2) is 12.8 Å². The lowest BCUT2D eigenvalue weighted by Gasteiger charge is -2.24. The molecule has 0 saturated heterocycles. The minimum atomic E-state index is -4.11. The van der Waals surface area contributed by atoms with Crippen LogP contribution in [0, 0.1) is 5.82 Å². The van der Waals surface area contributed by atoms with Crippen LogP contribution in [0.3, 0.4) is 0 Å². The molecule has 31 heavy (non-hydrogen) atoms. The van der Waals surface area contributed by atoms with E-state index in [4.69, 9.17) is 4.74 Å². The third-order valence-electron chi connectivity index (χ3n) is 5.29. The summed E-state index contributed by atoms with van der Waals surface area (Å²) in [7, 11) is -4.11. The van der Waals surface area contributed by atoms with Crippen molar-refractivity contribution in [2.75, 3.05) is 24.0 Å². The normalized spacial score (nSPS) is 14.9. The van der Waals surface area contributed by atoms with Crippen molar-refractivity contribution >= 4 is 21.6 Å². The van der Waals surface area contributed by atoms with Gasteiger partial charge in [-0.3, -0.25) is 9.10 Å². The van der Waals surface area contributed by atoms with E-state index in [2.05, 4.69) is 5.32 Å². The zero-order valence-electron chi connectivity index (χ0n) is 17.5. The first-order valence-electron chi connectivity index (χ1n) is 10.7. The predicted octanol–water partition coefficient (Wildman–Crippen LogP) is 3.88. The van der Waals surface area contributed by atoms with Crippen LogP contribution in [0.25, 0.3) is 0 Å². The molecular formula is C23H29FN2O4S. The minimum Gasteiger partial charge on any atom is -0.378 e. The van der Waals surface area contributed by atoms with E-state index >= 15 is 0 Å². The van der Waals surface area contributed by atoms with Gasteiger partial charge < -0.3 is 10.1 Å². The van der Waals surface area contributed by atoms with Gasteiger partial charge in [0.05, 0.1) is 16.7 Å². The van der Waals surface area contributed by atoms with Gasteiger partial charge in [0.2, 0.25) is 5.91 Å². The molecule has 2 aromatic carbocycles. The zero-order valence-corrected chi connectivity index (χ0v) is 18.3. The molecule has 1 fully saturated rings. The number of hydrogen-bond acceptors (Lipinski definition) is 4. The van der Waals surface area contributed by atoms with Crippen molar-refractivity contribution in [1.82, 2.24) is 5.32 Å². The summed E-state index contributed by atoms with van der Waals surface area (Å²) in [5.74, 6) is -1.21. The summed E-state index contributed by atoms with van der Waals surface area (Å²) < 4.78 is 47.3. The fourth-order valence-electron chi connectivity index (χ4n) is 3.64. The monoisotopic (exact) mass is 448 g/mol. The molecule has 6 nitrogen and oxygen atoms in total. The van der Waals surface area contributed by atoms with Gasteiger partial charge in [0, 0.05) is 13.2 Å². The molecule has 0 unspecified atom stereocenters. The molecule has 1 N–H and O–H groups in total. The Hall–Kier alpha value is -2.45. The topological polar surface area (TPSA) is 75.7 Å². The predicted molar refractivity (Wildman–Crippen MR) is 118 cm³/mol. The molecule has 0 aromatic heterocycles. The highest BCUT2D eigenvalue weighted by molar-refractivity contribution is 7.92. The number of anilines is 1. The smallest absolute Gasteiger partial charge is 0.264 e. The maximum absolute atomic E-state index is 14.4. The van der Waals surface area contributed by atoms with Crippen LogP contribution in [-0.4, -0.2) is 40.1 Å². The number of hydrogen-bond donors (Lipinski definition) is 1. The average molecular weight is 449 g/mol. The van der Waals surface area contributed by atoms with Crippen LogP contribution >= 0.6 is 0 Å². The third-order valence-corrected chi connectivity index (χ3v) is 7.06. The molecule has 2 aromatic rings. The van der Waals surface area contributed by atoms with Crippen LogP contribution in [0.1, 0.15) is 38.5 Å². The standard InChI is InChI=1S/C23H29FN2O4S/c24-21-14-7-8-15-22(21)26(31(28,29)20-12-5-2-6-13-20)18-23(27)25-16-9-17-30-19-10-3-1-4-11-19/h2,5-8,12-15,19H,1,3-4,9-11,16-18H2,(H,25,27). The SMILES string of the molecule is O=C(CN(c1ccccc1F)S(=O)(=O)c1ccccc1)NCCCOC1CCCCC1. The Balaban J connectivity index is 1.61. The highest BCUT2D eigenvalue weighted by Gasteiger charge is 2.28. The van der Waals surface area contributed by atoms with Crippen molar-refractivity contribution in [2.45, 2.75) is 49.5 Å². The summed E-state index contributed by atoms with van der Waals surface area (Å²) in [6.07, 6.45) is 6.76. The van der Waals surface area contributed by atoms with Crippen LogP contribution in [0.4, 0.5) is 10.1 Å². The Kier molecular flexibility index (Phi) is 8.43. The van der Waals surface area contributed by atoms with Crippen LogP contribution in [0.5, 0.6) is 0 Å². The van der Waals surface area contributed by atoms with E-state index in [1.807, 2.05) is 0 Å². The summed E-state index contributed by atoms with van der Waals surface area (Å²) in [6, 6.07) is 13.2. The van der Waals surface area contributed by atoms with E-state index in [0.29, 0.717) is 25.7 Å². The second kappa shape index (κ2) is 11.2. The summed E-state index contributed by atoms with van der Waals surface area (Å²) in [5.41, 5.74) is -0.165. The van der Waals surface area contributed by atoms with Crippen molar-refractivity contribution in [3.63, 3.8) is 0 Å². The lowest BCUT2D eigenvalue weighted by molar-refractivity contribution is -0.119. The Morgan fingerprint density at radius 2 is 1.71 bits per heavy atom. The number of nitrogens with one attached hydrogen (secondary N) is 1. The maximum Gasteiger partial charge on any atom is 0.264 e. The zero-order chi connectivity index (χ0) is 22.1. The molecule has 1 aliphatic rings. The molecule has 1 aliphatic carbocycles. The highest BCUT2D eigenvalue weighted by Crippen LogP contribution is 2.26. The van der Waals surface area contributed by atoms with Gasteiger partial charge in [0.25, 0.3) is 10.0 Å². The Morgan fingerprint density at radius 1 is 1.03 bits per heavy atom. The lowest BCUT2D eigenvalue weighted by Crippen LogP contribution is -2.41. The first-order valence-corrected chi connectivity index (χ1v) is 12.1. The molecule has 168 valence electrons. The number of ether oxygens (including phenoxy) is 1. The van der Waals surface area contributed by atoms with E-state index in [1.165, 1.54) is 55.7 Å². The quantitative estimate of drug-likeness (QED) is 0.560. The second-order valence-electron chi connectivity index (χ2n) is 7.61. The fraction of sp³-hybridized carbons (Fsp3) is 0.435. The van der Waals surface area contributed by atoms with Crippen molar-refractivity contribution in [3.8, 4) is 0 Å².